The van der Waals surface area contributed by atoms with Gasteiger partial charge in [0.05, 0.1) is 42.8 Å². The SMILES string of the molecule is CCOCC(=O)NC(C1=Cc2cccnc2C(N2CCN(C(=O)OCC3CC3)CC2)c2ccc(Cl)cc21)C1C(C)N=CN1C. The second-order valence-electron chi connectivity index (χ2n) is 12.1. The summed E-state index contributed by atoms with van der Waals surface area (Å²) in [7, 11) is 1.99. The molecule has 11 heteroatoms. The number of likely N-dealkylation sites (N-methyl/N-ethyl adjacent to an activating group) is 1. The first-order valence-electron chi connectivity index (χ1n) is 15.6. The highest BCUT2D eigenvalue weighted by Crippen LogP contribution is 2.42. The van der Waals surface area contributed by atoms with Crippen molar-refractivity contribution in [2.24, 2.45) is 10.9 Å². The Labute approximate surface area is 264 Å². The van der Waals surface area contributed by atoms with E-state index in [4.69, 9.17) is 26.1 Å². The molecule has 44 heavy (non-hydrogen) atoms. The molecule has 0 bridgehead atoms. The number of pyridine rings is 1. The van der Waals surface area contributed by atoms with Crippen molar-refractivity contribution < 1.29 is 19.1 Å². The summed E-state index contributed by atoms with van der Waals surface area (Å²) in [6, 6.07) is 9.24. The van der Waals surface area contributed by atoms with E-state index in [1.165, 1.54) is 0 Å². The average Bonchev–Trinajstić information content (AvgIpc) is 3.82. The number of nitrogens with one attached hydrogen (secondary N) is 1. The Bertz CT molecular complexity index is 1430. The van der Waals surface area contributed by atoms with Crippen molar-refractivity contribution in [3.8, 4) is 0 Å². The fourth-order valence-corrected chi connectivity index (χ4v) is 6.70. The summed E-state index contributed by atoms with van der Waals surface area (Å²) in [6.45, 7) is 7.37. The number of carbonyl (C=O) groups excluding carboxylic acids is 2. The van der Waals surface area contributed by atoms with Crippen molar-refractivity contribution in [1.82, 2.24) is 25.0 Å². The molecule has 1 N–H and O–H groups in total. The number of piperazine rings is 1. The van der Waals surface area contributed by atoms with Crippen molar-refractivity contribution in [2.45, 2.75) is 50.9 Å². The van der Waals surface area contributed by atoms with Gasteiger partial charge in [-0.25, -0.2) is 4.79 Å². The van der Waals surface area contributed by atoms with Crippen LogP contribution in [0.15, 0.2) is 41.5 Å². The molecule has 1 aromatic carbocycles. The predicted octanol–water partition coefficient (Wildman–Crippen LogP) is 4.09. The van der Waals surface area contributed by atoms with Crippen LogP contribution < -0.4 is 5.32 Å². The summed E-state index contributed by atoms with van der Waals surface area (Å²) in [5.41, 5.74) is 4.87. The van der Waals surface area contributed by atoms with Crippen LogP contribution in [0, 0.1) is 5.92 Å². The standard InChI is InChI=1S/C33H41ClN6O4/c1-4-43-19-28(41)37-30(31-21(2)36-20-38(31)3)27-16-23-6-5-11-35-29(23)32(25-10-9-24(34)17-26(25)27)39-12-14-40(15-13-39)33(42)44-18-22-7-8-22/h5-6,9-11,16-17,20-22,30-32H,4,7-8,12-15,18-19H2,1-3H3,(H,37,41). The van der Waals surface area contributed by atoms with E-state index in [2.05, 4.69) is 45.2 Å². The molecular formula is C33H41ClN6O4. The van der Waals surface area contributed by atoms with Crippen LogP contribution in [0.2, 0.25) is 5.02 Å². The van der Waals surface area contributed by atoms with Gasteiger partial charge in [0, 0.05) is 51.1 Å². The molecule has 10 nitrogen and oxygen atoms in total. The number of hydrogen-bond donors (Lipinski definition) is 1. The van der Waals surface area contributed by atoms with E-state index in [1.54, 1.807) is 0 Å². The van der Waals surface area contributed by atoms with Crippen LogP contribution in [0.4, 0.5) is 4.79 Å². The highest BCUT2D eigenvalue weighted by molar-refractivity contribution is 6.30. The molecule has 2 fully saturated rings. The maximum atomic E-state index is 13.2. The zero-order chi connectivity index (χ0) is 30.8. The predicted molar refractivity (Wildman–Crippen MR) is 171 cm³/mol. The zero-order valence-electron chi connectivity index (χ0n) is 25.6. The number of aromatic nitrogens is 1. The van der Waals surface area contributed by atoms with Gasteiger partial charge in [0.25, 0.3) is 0 Å². The number of nitrogens with zero attached hydrogens (tertiary/aromatic N) is 5. The highest BCUT2D eigenvalue weighted by Gasteiger charge is 2.40. The van der Waals surface area contributed by atoms with Gasteiger partial charge in [-0.1, -0.05) is 23.7 Å². The normalized spacial score (nSPS) is 23.8. The molecule has 4 atom stereocenters. The van der Waals surface area contributed by atoms with E-state index in [0.29, 0.717) is 50.3 Å². The molecule has 4 aliphatic rings. The number of benzene rings is 1. The summed E-state index contributed by atoms with van der Waals surface area (Å²) in [4.78, 5) is 41.8. The van der Waals surface area contributed by atoms with E-state index in [1.807, 2.05) is 49.6 Å². The van der Waals surface area contributed by atoms with Crippen molar-refractivity contribution in [1.29, 1.82) is 0 Å². The Morgan fingerprint density at radius 1 is 1.16 bits per heavy atom. The Kier molecular flexibility index (Phi) is 9.21. The van der Waals surface area contributed by atoms with Crippen LogP contribution in [-0.4, -0.2) is 109 Å². The number of carbonyl (C=O) groups is 2. The Balaban J connectivity index is 1.37. The molecule has 2 amide bonds. The van der Waals surface area contributed by atoms with Crippen LogP contribution in [-0.2, 0) is 14.3 Å². The number of ether oxygens (including phenoxy) is 2. The quantitative estimate of drug-likeness (QED) is 0.451. The minimum atomic E-state index is -0.410. The lowest BCUT2D eigenvalue weighted by molar-refractivity contribution is -0.126. The van der Waals surface area contributed by atoms with Crippen LogP contribution >= 0.6 is 11.6 Å². The van der Waals surface area contributed by atoms with Crippen LogP contribution in [0.5, 0.6) is 0 Å². The highest BCUT2D eigenvalue weighted by atomic mass is 35.5. The summed E-state index contributed by atoms with van der Waals surface area (Å²) in [5, 5.41) is 3.90. The van der Waals surface area contributed by atoms with Gasteiger partial charge in [-0.05, 0) is 79.1 Å². The molecule has 1 saturated heterocycles. The van der Waals surface area contributed by atoms with Gasteiger partial charge >= 0.3 is 6.09 Å². The van der Waals surface area contributed by atoms with Crippen molar-refractivity contribution in [3.05, 3.63) is 63.9 Å². The smallest absolute Gasteiger partial charge is 0.409 e. The minimum Gasteiger partial charge on any atom is -0.449 e. The Morgan fingerprint density at radius 3 is 2.66 bits per heavy atom. The second kappa shape index (κ2) is 13.3. The monoisotopic (exact) mass is 620 g/mol. The van der Waals surface area contributed by atoms with E-state index in [0.717, 1.165) is 40.8 Å². The topological polar surface area (TPSA) is 99.6 Å². The van der Waals surface area contributed by atoms with Crippen LogP contribution in [0.3, 0.4) is 0 Å². The molecule has 3 heterocycles. The van der Waals surface area contributed by atoms with Gasteiger partial charge in [-0.15, -0.1) is 0 Å². The van der Waals surface area contributed by atoms with Gasteiger partial charge in [0.15, 0.2) is 0 Å². The molecule has 2 aromatic rings. The van der Waals surface area contributed by atoms with Crippen molar-refractivity contribution >= 4 is 41.6 Å². The minimum absolute atomic E-state index is 0.0253. The zero-order valence-corrected chi connectivity index (χ0v) is 26.4. The van der Waals surface area contributed by atoms with Gasteiger partial charge < -0.3 is 24.6 Å². The van der Waals surface area contributed by atoms with Gasteiger partial charge in [0.2, 0.25) is 5.91 Å². The molecule has 234 valence electrons. The number of fused-ring (bicyclic) bond motifs is 2. The fraction of sp³-hybridized carbons (Fsp3) is 0.515. The summed E-state index contributed by atoms with van der Waals surface area (Å²) in [6.07, 6.45) is 7.88. The maximum absolute atomic E-state index is 13.2. The van der Waals surface area contributed by atoms with Crippen molar-refractivity contribution in [3.63, 3.8) is 0 Å². The first-order valence-corrected chi connectivity index (χ1v) is 16.0. The second-order valence-corrected chi connectivity index (χ2v) is 12.5. The average molecular weight is 621 g/mol. The summed E-state index contributed by atoms with van der Waals surface area (Å²) < 4.78 is 11.0. The Morgan fingerprint density at radius 2 is 1.95 bits per heavy atom. The first-order chi connectivity index (χ1) is 21.3. The number of aliphatic imine (C=N–C) groups is 1. The third kappa shape index (κ3) is 6.48. The first kappa shape index (κ1) is 30.6. The molecule has 0 radical (unpaired) electrons. The lowest BCUT2D eigenvalue weighted by atomic mass is 9.86. The molecule has 4 unspecified atom stereocenters. The summed E-state index contributed by atoms with van der Waals surface area (Å²) >= 11 is 6.69. The third-order valence-electron chi connectivity index (χ3n) is 9.02. The third-order valence-corrected chi connectivity index (χ3v) is 9.25. The van der Waals surface area contributed by atoms with Crippen LogP contribution in [0.25, 0.3) is 11.6 Å². The van der Waals surface area contributed by atoms with Crippen LogP contribution in [0.1, 0.15) is 55.1 Å². The summed E-state index contributed by atoms with van der Waals surface area (Å²) in [5.74, 6) is 0.343. The molecule has 0 spiro atoms. The van der Waals surface area contributed by atoms with E-state index in [9.17, 15) is 9.59 Å². The fourth-order valence-electron chi connectivity index (χ4n) is 6.53. The molecule has 6 rings (SSSR count). The van der Waals surface area contributed by atoms with E-state index >= 15 is 0 Å². The molecule has 1 aromatic heterocycles. The van der Waals surface area contributed by atoms with Crippen molar-refractivity contribution in [2.75, 3.05) is 53.0 Å². The number of hydrogen-bond acceptors (Lipinski definition) is 8. The maximum Gasteiger partial charge on any atom is 0.409 e. The van der Waals surface area contributed by atoms with E-state index in [-0.39, 0.29) is 36.7 Å². The van der Waals surface area contributed by atoms with Gasteiger partial charge in [0.1, 0.15) is 6.61 Å². The molecule has 2 aliphatic carbocycles. The number of halogens is 1. The lowest BCUT2D eigenvalue weighted by Gasteiger charge is -2.39. The largest absolute Gasteiger partial charge is 0.449 e. The lowest BCUT2D eigenvalue weighted by Crippen LogP contribution is -2.53. The number of amides is 2. The van der Waals surface area contributed by atoms with Gasteiger partial charge in [-0.3, -0.25) is 19.7 Å². The molecule has 2 aliphatic heterocycles. The Hall–Kier alpha value is -3.47. The number of rotatable bonds is 9. The van der Waals surface area contributed by atoms with E-state index < -0.39 is 6.04 Å². The molecular weight excluding hydrogens is 580 g/mol. The van der Waals surface area contributed by atoms with Gasteiger partial charge in [-0.2, -0.15) is 0 Å². The molecule has 1 saturated carbocycles.